The standard InChI is InChI=1S/C26H32N6O2/c1-3-4-16-31-22(18-30-15-9-13-21(30)20-12-8-14-29(20)2)27-24-23(31)25(33)28-26(34)32(24)17-19-10-6-5-7-11-19/h5-8,10-12,14,21H,3-4,9,13,15-18H2,1-2H3,(H,28,33,34)/t21-/m1/s1. The lowest BCUT2D eigenvalue weighted by molar-refractivity contribution is 0.232. The predicted molar refractivity (Wildman–Crippen MR) is 133 cm³/mol. The van der Waals surface area contributed by atoms with Crippen LogP contribution in [0.3, 0.4) is 0 Å². The first-order valence-corrected chi connectivity index (χ1v) is 12.2. The Bertz CT molecular complexity index is 1390. The maximum absolute atomic E-state index is 13.0. The fourth-order valence-corrected chi connectivity index (χ4v) is 5.16. The number of nitrogens with one attached hydrogen (secondary N) is 1. The van der Waals surface area contributed by atoms with Crippen molar-refractivity contribution in [1.82, 2.24) is 28.6 Å². The molecule has 8 nitrogen and oxygen atoms in total. The van der Waals surface area contributed by atoms with Gasteiger partial charge >= 0.3 is 5.69 Å². The number of hydrogen-bond donors (Lipinski definition) is 1. The molecule has 4 aromatic rings. The molecule has 1 aliphatic heterocycles. The van der Waals surface area contributed by atoms with Gasteiger partial charge in [-0.15, -0.1) is 0 Å². The number of hydrogen-bond acceptors (Lipinski definition) is 4. The Morgan fingerprint density at radius 2 is 1.88 bits per heavy atom. The van der Waals surface area contributed by atoms with E-state index in [4.69, 9.17) is 4.98 Å². The van der Waals surface area contributed by atoms with Gasteiger partial charge in [-0.05, 0) is 43.5 Å². The third kappa shape index (κ3) is 4.14. The molecule has 3 aromatic heterocycles. The summed E-state index contributed by atoms with van der Waals surface area (Å²) < 4.78 is 5.82. The smallest absolute Gasteiger partial charge is 0.330 e. The molecular formula is C26H32N6O2. The van der Waals surface area contributed by atoms with Gasteiger partial charge in [0.25, 0.3) is 5.56 Å². The lowest BCUT2D eigenvalue weighted by atomic mass is 10.1. The Kier molecular flexibility index (Phi) is 6.24. The second-order valence-corrected chi connectivity index (χ2v) is 9.21. The topological polar surface area (TPSA) is 80.8 Å². The van der Waals surface area contributed by atoms with E-state index in [1.165, 1.54) is 5.69 Å². The van der Waals surface area contributed by atoms with E-state index in [1.54, 1.807) is 4.57 Å². The van der Waals surface area contributed by atoms with E-state index < -0.39 is 5.69 Å². The van der Waals surface area contributed by atoms with E-state index in [0.29, 0.717) is 36.8 Å². The van der Waals surface area contributed by atoms with Crippen LogP contribution in [0.15, 0.2) is 58.3 Å². The molecule has 0 radical (unpaired) electrons. The normalized spacial score (nSPS) is 16.6. The molecule has 178 valence electrons. The highest BCUT2D eigenvalue weighted by molar-refractivity contribution is 5.71. The number of likely N-dealkylation sites (tertiary alicyclic amines) is 1. The first-order valence-electron chi connectivity index (χ1n) is 12.2. The van der Waals surface area contributed by atoms with Gasteiger partial charge in [0, 0.05) is 25.5 Å². The molecule has 1 fully saturated rings. The van der Waals surface area contributed by atoms with E-state index in [1.807, 2.05) is 34.9 Å². The van der Waals surface area contributed by atoms with Gasteiger partial charge in [0.15, 0.2) is 11.2 Å². The van der Waals surface area contributed by atoms with Crippen molar-refractivity contribution in [1.29, 1.82) is 0 Å². The lowest BCUT2D eigenvalue weighted by Crippen LogP contribution is -2.31. The Morgan fingerprint density at radius 3 is 2.62 bits per heavy atom. The number of aryl methyl sites for hydroxylation is 2. The van der Waals surface area contributed by atoms with Crippen LogP contribution < -0.4 is 11.2 Å². The minimum atomic E-state index is -0.420. The van der Waals surface area contributed by atoms with Crippen molar-refractivity contribution in [3.63, 3.8) is 0 Å². The van der Waals surface area contributed by atoms with Gasteiger partial charge in [0.05, 0.1) is 19.1 Å². The SMILES string of the molecule is CCCCn1c(CN2CCC[C@@H]2c2cccn2C)nc2c1c(=O)[nH]c(=O)n2Cc1ccccc1. The molecule has 1 atom stereocenters. The van der Waals surface area contributed by atoms with E-state index in [2.05, 4.69) is 46.8 Å². The molecule has 8 heteroatoms. The van der Waals surface area contributed by atoms with Crippen LogP contribution >= 0.6 is 0 Å². The Balaban J connectivity index is 1.59. The van der Waals surface area contributed by atoms with Gasteiger partial charge in [-0.25, -0.2) is 9.78 Å². The highest BCUT2D eigenvalue weighted by atomic mass is 16.2. The number of nitrogens with zero attached hydrogens (tertiary/aromatic N) is 5. The molecule has 0 aliphatic carbocycles. The van der Waals surface area contributed by atoms with Gasteiger partial charge in [0.1, 0.15) is 5.82 Å². The molecule has 1 aliphatic rings. The van der Waals surface area contributed by atoms with E-state index in [9.17, 15) is 9.59 Å². The van der Waals surface area contributed by atoms with E-state index >= 15 is 0 Å². The van der Waals surface area contributed by atoms with Crippen molar-refractivity contribution in [3.8, 4) is 0 Å². The van der Waals surface area contributed by atoms with Crippen LogP contribution in [0.25, 0.3) is 11.2 Å². The zero-order valence-corrected chi connectivity index (χ0v) is 19.9. The predicted octanol–water partition coefficient (Wildman–Crippen LogP) is 3.41. The number of H-pyrrole nitrogens is 1. The maximum Gasteiger partial charge on any atom is 0.330 e. The van der Waals surface area contributed by atoms with Crippen LogP contribution in [0.5, 0.6) is 0 Å². The molecule has 0 bridgehead atoms. The quantitative estimate of drug-likeness (QED) is 0.437. The van der Waals surface area contributed by atoms with Gasteiger partial charge in [-0.3, -0.25) is 19.2 Å². The summed E-state index contributed by atoms with van der Waals surface area (Å²) in [4.78, 5) is 35.7. The number of rotatable bonds is 8. The van der Waals surface area contributed by atoms with Crippen molar-refractivity contribution in [2.75, 3.05) is 6.54 Å². The zero-order valence-electron chi connectivity index (χ0n) is 19.9. The third-order valence-corrected chi connectivity index (χ3v) is 6.92. The average Bonchev–Trinajstić information content (AvgIpc) is 3.55. The fraction of sp³-hybridized carbons (Fsp3) is 0.423. The summed E-state index contributed by atoms with van der Waals surface area (Å²) in [5, 5.41) is 0. The average molecular weight is 461 g/mol. The summed E-state index contributed by atoms with van der Waals surface area (Å²) in [6, 6.07) is 14.4. The molecule has 4 heterocycles. The van der Waals surface area contributed by atoms with Crippen molar-refractivity contribution in [3.05, 3.63) is 86.6 Å². The molecule has 0 unspecified atom stereocenters. The number of benzene rings is 1. The van der Waals surface area contributed by atoms with E-state index in [-0.39, 0.29) is 5.56 Å². The van der Waals surface area contributed by atoms with Crippen molar-refractivity contribution < 1.29 is 0 Å². The summed E-state index contributed by atoms with van der Waals surface area (Å²) in [5.41, 5.74) is 2.47. The molecule has 1 saturated heterocycles. The molecule has 34 heavy (non-hydrogen) atoms. The first-order chi connectivity index (χ1) is 16.6. The first kappa shape index (κ1) is 22.4. The largest absolute Gasteiger partial charge is 0.353 e. The number of aromatic nitrogens is 5. The lowest BCUT2D eigenvalue weighted by Gasteiger charge is -2.25. The minimum absolute atomic E-state index is 0.323. The summed E-state index contributed by atoms with van der Waals surface area (Å²) in [5.74, 6) is 0.850. The van der Waals surface area contributed by atoms with Crippen molar-refractivity contribution >= 4 is 11.2 Å². The Labute approximate surface area is 198 Å². The zero-order chi connectivity index (χ0) is 23.7. The third-order valence-electron chi connectivity index (χ3n) is 6.92. The molecule has 1 aromatic carbocycles. The molecular weight excluding hydrogens is 428 g/mol. The maximum atomic E-state index is 13.0. The second-order valence-electron chi connectivity index (χ2n) is 9.21. The number of fused-ring (bicyclic) bond motifs is 1. The van der Waals surface area contributed by atoms with Crippen LogP contribution in [-0.2, 0) is 26.7 Å². The summed E-state index contributed by atoms with van der Waals surface area (Å²) in [6.45, 7) is 4.85. The van der Waals surface area contributed by atoms with Crippen LogP contribution in [0, 0.1) is 0 Å². The highest BCUT2D eigenvalue weighted by Gasteiger charge is 2.29. The van der Waals surface area contributed by atoms with Crippen LogP contribution in [0.4, 0.5) is 0 Å². The summed E-state index contributed by atoms with van der Waals surface area (Å²) >= 11 is 0. The van der Waals surface area contributed by atoms with Gasteiger partial charge in [0.2, 0.25) is 0 Å². The Hall–Kier alpha value is -3.39. The van der Waals surface area contributed by atoms with Crippen molar-refractivity contribution in [2.45, 2.75) is 58.3 Å². The number of imidazole rings is 1. The molecule has 0 spiro atoms. The monoisotopic (exact) mass is 460 g/mol. The van der Waals surface area contributed by atoms with Crippen LogP contribution in [-0.4, -0.2) is 35.1 Å². The van der Waals surface area contributed by atoms with Crippen molar-refractivity contribution in [2.24, 2.45) is 7.05 Å². The minimum Gasteiger partial charge on any atom is -0.353 e. The molecule has 1 N–H and O–H groups in total. The van der Waals surface area contributed by atoms with E-state index in [0.717, 1.165) is 43.6 Å². The summed E-state index contributed by atoms with van der Waals surface area (Å²) in [6.07, 6.45) is 6.27. The number of unbranched alkanes of at least 4 members (excludes halogenated alkanes) is 1. The molecule has 0 amide bonds. The van der Waals surface area contributed by atoms with Gasteiger partial charge in [-0.1, -0.05) is 43.7 Å². The second kappa shape index (κ2) is 9.46. The Morgan fingerprint density at radius 1 is 1.06 bits per heavy atom. The fourth-order valence-electron chi connectivity index (χ4n) is 5.16. The van der Waals surface area contributed by atoms with Gasteiger partial charge in [-0.2, -0.15) is 0 Å². The number of aromatic amines is 1. The summed E-state index contributed by atoms with van der Waals surface area (Å²) in [7, 11) is 2.09. The van der Waals surface area contributed by atoms with Crippen LogP contribution in [0.2, 0.25) is 0 Å². The molecule has 0 saturated carbocycles. The van der Waals surface area contributed by atoms with Gasteiger partial charge < -0.3 is 9.13 Å². The van der Waals surface area contributed by atoms with Crippen LogP contribution in [0.1, 0.15) is 55.7 Å². The molecule has 5 rings (SSSR count). The highest BCUT2D eigenvalue weighted by Crippen LogP contribution is 2.33.